The molecule has 0 spiro atoms. The van der Waals surface area contributed by atoms with E-state index in [1.807, 2.05) is 13.0 Å². The lowest BCUT2D eigenvalue weighted by molar-refractivity contribution is 0.188. The monoisotopic (exact) mass is 267 g/mol. The van der Waals surface area contributed by atoms with E-state index in [0.717, 1.165) is 31.7 Å². The standard InChI is InChI=1S/C14H22FN3O/c1-11(16)12-3-2-4-13(15)14(12)18-7-5-17(6-8-18)9-10-19/h2-4,11,19H,5-10,16H2,1H3/t11-/m0/s1. The van der Waals surface area contributed by atoms with E-state index in [-0.39, 0.29) is 18.5 Å². The van der Waals surface area contributed by atoms with Crippen LogP contribution < -0.4 is 10.6 Å². The van der Waals surface area contributed by atoms with E-state index in [1.165, 1.54) is 6.07 Å². The summed E-state index contributed by atoms with van der Waals surface area (Å²) in [6, 6.07) is 4.91. The predicted octanol–water partition coefficient (Wildman–Crippen LogP) is 0.960. The fourth-order valence-corrected chi connectivity index (χ4v) is 2.57. The lowest BCUT2D eigenvalue weighted by Crippen LogP contribution is -2.47. The molecule has 0 saturated carbocycles. The van der Waals surface area contributed by atoms with Crippen molar-refractivity contribution in [2.75, 3.05) is 44.2 Å². The van der Waals surface area contributed by atoms with Gasteiger partial charge in [-0.25, -0.2) is 4.39 Å². The number of hydrogen-bond acceptors (Lipinski definition) is 4. The van der Waals surface area contributed by atoms with E-state index in [2.05, 4.69) is 9.80 Å². The summed E-state index contributed by atoms with van der Waals surface area (Å²) >= 11 is 0. The summed E-state index contributed by atoms with van der Waals surface area (Å²) in [6.45, 7) is 5.94. The number of aliphatic hydroxyl groups is 1. The van der Waals surface area contributed by atoms with Crippen LogP contribution in [-0.4, -0.2) is 49.3 Å². The first kappa shape index (κ1) is 14.2. The number of piperazine rings is 1. The van der Waals surface area contributed by atoms with Crippen LogP contribution >= 0.6 is 0 Å². The number of hydrogen-bond donors (Lipinski definition) is 2. The fraction of sp³-hybridized carbons (Fsp3) is 0.571. The first-order valence-electron chi connectivity index (χ1n) is 6.75. The molecule has 0 radical (unpaired) electrons. The molecule has 1 saturated heterocycles. The van der Waals surface area contributed by atoms with Crippen LogP contribution in [0.4, 0.5) is 10.1 Å². The Balaban J connectivity index is 2.15. The molecule has 0 bridgehead atoms. The Kier molecular flexibility index (Phi) is 4.74. The molecule has 1 fully saturated rings. The second-order valence-electron chi connectivity index (χ2n) is 5.02. The largest absolute Gasteiger partial charge is 0.395 e. The summed E-state index contributed by atoms with van der Waals surface area (Å²) in [6.07, 6.45) is 0. The normalized spacial score (nSPS) is 18.6. The molecule has 2 rings (SSSR count). The highest BCUT2D eigenvalue weighted by Crippen LogP contribution is 2.29. The average Bonchev–Trinajstić information content (AvgIpc) is 2.40. The number of nitrogens with two attached hydrogens (primary N) is 1. The van der Waals surface area contributed by atoms with Crippen molar-refractivity contribution in [1.29, 1.82) is 0 Å². The van der Waals surface area contributed by atoms with Crippen molar-refractivity contribution in [3.05, 3.63) is 29.6 Å². The molecule has 106 valence electrons. The first-order valence-corrected chi connectivity index (χ1v) is 6.75. The van der Waals surface area contributed by atoms with Gasteiger partial charge in [0, 0.05) is 38.8 Å². The minimum Gasteiger partial charge on any atom is -0.395 e. The molecule has 1 heterocycles. The van der Waals surface area contributed by atoms with Gasteiger partial charge < -0.3 is 15.7 Å². The van der Waals surface area contributed by atoms with Crippen LogP contribution in [0, 0.1) is 5.82 Å². The molecule has 5 heteroatoms. The van der Waals surface area contributed by atoms with E-state index >= 15 is 0 Å². The van der Waals surface area contributed by atoms with Gasteiger partial charge in [-0.3, -0.25) is 4.90 Å². The van der Waals surface area contributed by atoms with Crippen molar-refractivity contribution in [3.8, 4) is 0 Å². The fourth-order valence-electron chi connectivity index (χ4n) is 2.57. The molecule has 3 N–H and O–H groups in total. The van der Waals surface area contributed by atoms with Crippen LogP contribution in [0.1, 0.15) is 18.5 Å². The molecule has 1 aromatic carbocycles. The topological polar surface area (TPSA) is 52.7 Å². The van der Waals surface area contributed by atoms with Gasteiger partial charge in [0.1, 0.15) is 5.82 Å². The molecule has 1 aliphatic heterocycles. The Morgan fingerprint density at radius 1 is 1.32 bits per heavy atom. The van der Waals surface area contributed by atoms with E-state index in [9.17, 15) is 4.39 Å². The molecule has 4 nitrogen and oxygen atoms in total. The third kappa shape index (κ3) is 3.23. The van der Waals surface area contributed by atoms with Gasteiger partial charge in [0.25, 0.3) is 0 Å². The van der Waals surface area contributed by atoms with Crippen molar-refractivity contribution in [2.45, 2.75) is 13.0 Å². The predicted molar refractivity (Wildman–Crippen MR) is 74.7 cm³/mol. The van der Waals surface area contributed by atoms with Crippen LogP contribution in [0.3, 0.4) is 0 Å². The number of halogens is 1. The lowest BCUT2D eigenvalue weighted by Gasteiger charge is -2.37. The number of β-amino-alcohol motifs (C(OH)–C–C–N with tert-alkyl or cyclic N) is 1. The molecule has 19 heavy (non-hydrogen) atoms. The molecule has 1 aliphatic rings. The zero-order valence-corrected chi connectivity index (χ0v) is 11.3. The number of aliphatic hydroxyl groups excluding tert-OH is 1. The van der Waals surface area contributed by atoms with Crippen molar-refractivity contribution in [2.24, 2.45) is 5.73 Å². The Hall–Kier alpha value is -1.17. The Morgan fingerprint density at radius 3 is 2.58 bits per heavy atom. The molecule has 1 aromatic rings. The minimum atomic E-state index is -0.203. The minimum absolute atomic E-state index is 0.171. The zero-order valence-electron chi connectivity index (χ0n) is 11.3. The van der Waals surface area contributed by atoms with Gasteiger partial charge in [0.2, 0.25) is 0 Å². The summed E-state index contributed by atoms with van der Waals surface area (Å²) in [7, 11) is 0. The van der Waals surface area contributed by atoms with E-state index < -0.39 is 0 Å². The lowest BCUT2D eigenvalue weighted by atomic mass is 10.0. The highest BCUT2D eigenvalue weighted by molar-refractivity contribution is 5.56. The van der Waals surface area contributed by atoms with Gasteiger partial charge in [-0.15, -0.1) is 0 Å². The van der Waals surface area contributed by atoms with Crippen molar-refractivity contribution in [1.82, 2.24) is 4.90 Å². The molecular formula is C14H22FN3O. The van der Waals surface area contributed by atoms with E-state index in [4.69, 9.17) is 10.8 Å². The van der Waals surface area contributed by atoms with Gasteiger partial charge in [0.05, 0.1) is 12.3 Å². The third-order valence-corrected chi connectivity index (χ3v) is 3.61. The summed E-state index contributed by atoms with van der Waals surface area (Å²) < 4.78 is 14.1. The number of anilines is 1. The Bertz CT molecular complexity index is 417. The maximum absolute atomic E-state index is 14.1. The molecule has 0 amide bonds. The highest BCUT2D eigenvalue weighted by atomic mass is 19.1. The zero-order chi connectivity index (χ0) is 13.8. The molecule has 1 atom stereocenters. The average molecular weight is 267 g/mol. The second-order valence-corrected chi connectivity index (χ2v) is 5.02. The second kappa shape index (κ2) is 6.32. The quantitative estimate of drug-likeness (QED) is 0.853. The number of para-hydroxylation sites is 1. The van der Waals surface area contributed by atoms with Crippen molar-refractivity contribution < 1.29 is 9.50 Å². The molecular weight excluding hydrogens is 245 g/mol. The van der Waals surface area contributed by atoms with Crippen LogP contribution in [0.15, 0.2) is 18.2 Å². The molecule has 0 aliphatic carbocycles. The van der Waals surface area contributed by atoms with Crippen LogP contribution in [0.5, 0.6) is 0 Å². The van der Waals surface area contributed by atoms with Crippen LogP contribution in [0.25, 0.3) is 0 Å². The maximum Gasteiger partial charge on any atom is 0.146 e. The van der Waals surface area contributed by atoms with Gasteiger partial charge in [-0.1, -0.05) is 12.1 Å². The molecule has 0 aromatic heterocycles. The summed E-state index contributed by atoms with van der Waals surface area (Å²) in [5, 5.41) is 8.93. The Morgan fingerprint density at radius 2 is 2.00 bits per heavy atom. The van der Waals surface area contributed by atoms with Gasteiger partial charge in [-0.05, 0) is 18.6 Å². The first-order chi connectivity index (χ1) is 9.13. The summed E-state index contributed by atoms with van der Waals surface area (Å²) in [5.41, 5.74) is 7.43. The molecule has 0 unspecified atom stereocenters. The third-order valence-electron chi connectivity index (χ3n) is 3.61. The number of rotatable bonds is 4. The van der Waals surface area contributed by atoms with Crippen LogP contribution in [0.2, 0.25) is 0 Å². The van der Waals surface area contributed by atoms with Crippen molar-refractivity contribution in [3.63, 3.8) is 0 Å². The summed E-state index contributed by atoms with van der Waals surface area (Å²) in [4.78, 5) is 4.24. The van der Waals surface area contributed by atoms with Gasteiger partial charge in [0.15, 0.2) is 0 Å². The highest BCUT2D eigenvalue weighted by Gasteiger charge is 2.22. The smallest absolute Gasteiger partial charge is 0.146 e. The SMILES string of the molecule is C[C@H](N)c1cccc(F)c1N1CCN(CCO)CC1. The van der Waals surface area contributed by atoms with Gasteiger partial charge >= 0.3 is 0 Å². The summed E-state index contributed by atoms with van der Waals surface area (Å²) in [5.74, 6) is -0.203. The number of nitrogens with zero attached hydrogens (tertiary/aromatic N) is 2. The van der Waals surface area contributed by atoms with E-state index in [1.54, 1.807) is 6.07 Å². The van der Waals surface area contributed by atoms with E-state index in [0.29, 0.717) is 12.2 Å². The van der Waals surface area contributed by atoms with Crippen LogP contribution in [-0.2, 0) is 0 Å². The van der Waals surface area contributed by atoms with Gasteiger partial charge in [-0.2, -0.15) is 0 Å². The maximum atomic E-state index is 14.1. The Labute approximate surface area is 113 Å². The van der Waals surface area contributed by atoms with Crippen molar-refractivity contribution >= 4 is 5.69 Å². The number of benzene rings is 1.